The summed E-state index contributed by atoms with van der Waals surface area (Å²) < 4.78 is 3.12. The molecule has 8 heteroatoms. The molecule has 112 valence electrons. The van der Waals surface area contributed by atoms with E-state index >= 15 is 0 Å². The van der Waals surface area contributed by atoms with Crippen LogP contribution in [0.2, 0.25) is 5.02 Å². The van der Waals surface area contributed by atoms with Gasteiger partial charge in [0.25, 0.3) is 5.95 Å². The molecule has 0 atom stereocenters. The third-order valence-electron chi connectivity index (χ3n) is 3.02. The molecule has 0 bridgehead atoms. The lowest BCUT2D eigenvalue weighted by atomic mass is 10.2. The molecule has 1 N–H and O–H groups in total. The minimum absolute atomic E-state index is 0.0916. The Morgan fingerprint density at radius 2 is 2.09 bits per heavy atom. The highest BCUT2D eigenvalue weighted by Gasteiger charge is 2.10. The van der Waals surface area contributed by atoms with Gasteiger partial charge >= 0.3 is 0 Å². The van der Waals surface area contributed by atoms with Crippen LogP contribution >= 0.6 is 11.6 Å². The number of aromatic nitrogens is 5. The van der Waals surface area contributed by atoms with Crippen molar-refractivity contribution in [2.24, 2.45) is 5.10 Å². The Kier molecular flexibility index (Phi) is 3.64. The lowest BCUT2D eigenvalue weighted by Gasteiger charge is -2.03. The van der Waals surface area contributed by atoms with Crippen LogP contribution in [0.15, 0.2) is 35.7 Å². The molecule has 0 unspecified atom stereocenters. The van der Waals surface area contributed by atoms with E-state index in [0.717, 1.165) is 11.4 Å². The summed E-state index contributed by atoms with van der Waals surface area (Å²) in [5.74, 6) is 0.553. The van der Waals surface area contributed by atoms with E-state index in [1.807, 2.05) is 19.9 Å². The molecule has 3 rings (SSSR count). The number of halogens is 1. The highest BCUT2D eigenvalue weighted by molar-refractivity contribution is 6.30. The van der Waals surface area contributed by atoms with Gasteiger partial charge in [0.1, 0.15) is 12.1 Å². The molecule has 0 amide bonds. The second-order valence-electron chi connectivity index (χ2n) is 4.76. The minimum atomic E-state index is 0.0916. The number of aromatic hydroxyl groups is 1. The number of rotatable bonds is 3. The van der Waals surface area contributed by atoms with Crippen molar-refractivity contribution in [2.75, 3.05) is 0 Å². The summed E-state index contributed by atoms with van der Waals surface area (Å²) in [7, 11) is 0. The van der Waals surface area contributed by atoms with E-state index in [-0.39, 0.29) is 5.75 Å². The van der Waals surface area contributed by atoms with Crippen molar-refractivity contribution >= 4 is 17.8 Å². The Balaban J connectivity index is 1.97. The van der Waals surface area contributed by atoms with Gasteiger partial charge < -0.3 is 5.11 Å². The van der Waals surface area contributed by atoms with Crippen LogP contribution in [0.4, 0.5) is 0 Å². The first kappa shape index (κ1) is 14.3. The SMILES string of the molecule is Cc1cc(C)n(-c2nncn2N=Cc2cc(Cl)ccc2O)n1. The average molecular weight is 317 g/mol. The minimum Gasteiger partial charge on any atom is -0.507 e. The predicted molar refractivity (Wildman–Crippen MR) is 82.7 cm³/mol. The van der Waals surface area contributed by atoms with Gasteiger partial charge in [0.05, 0.1) is 11.9 Å². The predicted octanol–water partition coefficient (Wildman–Crippen LogP) is 2.32. The van der Waals surface area contributed by atoms with E-state index in [1.54, 1.807) is 16.8 Å². The van der Waals surface area contributed by atoms with Crippen molar-refractivity contribution < 1.29 is 5.11 Å². The molecular formula is C14H13ClN6O. The first-order valence-corrected chi connectivity index (χ1v) is 6.89. The molecule has 0 fully saturated rings. The highest BCUT2D eigenvalue weighted by Crippen LogP contribution is 2.19. The van der Waals surface area contributed by atoms with Crippen LogP contribution in [0.3, 0.4) is 0 Å². The van der Waals surface area contributed by atoms with E-state index in [4.69, 9.17) is 11.6 Å². The van der Waals surface area contributed by atoms with Gasteiger partial charge in [-0.2, -0.15) is 14.9 Å². The molecule has 2 heterocycles. The number of hydrogen-bond donors (Lipinski definition) is 1. The van der Waals surface area contributed by atoms with Crippen LogP contribution in [0.1, 0.15) is 17.0 Å². The van der Waals surface area contributed by atoms with Gasteiger partial charge in [-0.05, 0) is 38.1 Å². The number of hydrogen-bond acceptors (Lipinski definition) is 5. The molecular weight excluding hydrogens is 304 g/mol. The van der Waals surface area contributed by atoms with Crippen molar-refractivity contribution in [3.05, 3.63) is 52.6 Å². The Labute approximate surface area is 131 Å². The Bertz CT molecular complexity index is 851. The van der Waals surface area contributed by atoms with Gasteiger partial charge in [-0.25, -0.2) is 4.68 Å². The average Bonchev–Trinajstić information content (AvgIpc) is 3.05. The van der Waals surface area contributed by atoms with Crippen LogP contribution in [0.5, 0.6) is 5.75 Å². The maximum absolute atomic E-state index is 9.79. The zero-order chi connectivity index (χ0) is 15.7. The molecule has 2 aromatic heterocycles. The molecule has 0 aliphatic heterocycles. The van der Waals surface area contributed by atoms with Crippen LogP contribution in [0, 0.1) is 13.8 Å². The van der Waals surface area contributed by atoms with Crippen LogP contribution in [-0.4, -0.2) is 36.0 Å². The van der Waals surface area contributed by atoms with Gasteiger partial charge in [-0.1, -0.05) is 11.6 Å². The third-order valence-corrected chi connectivity index (χ3v) is 3.26. The fraction of sp³-hybridized carbons (Fsp3) is 0.143. The molecule has 1 aromatic carbocycles. The number of phenolic OH excluding ortho intramolecular Hbond substituents is 1. The van der Waals surface area contributed by atoms with Gasteiger partial charge in [0, 0.05) is 16.3 Å². The van der Waals surface area contributed by atoms with E-state index in [0.29, 0.717) is 16.5 Å². The normalized spacial score (nSPS) is 11.4. The zero-order valence-corrected chi connectivity index (χ0v) is 12.7. The van der Waals surface area contributed by atoms with Crippen molar-refractivity contribution in [1.82, 2.24) is 24.7 Å². The lowest BCUT2D eigenvalue weighted by molar-refractivity contribution is 0.474. The fourth-order valence-corrected chi connectivity index (χ4v) is 2.21. The zero-order valence-electron chi connectivity index (χ0n) is 12.0. The Morgan fingerprint density at radius 1 is 1.27 bits per heavy atom. The van der Waals surface area contributed by atoms with E-state index in [9.17, 15) is 5.11 Å². The summed E-state index contributed by atoms with van der Waals surface area (Å²) in [6.45, 7) is 3.82. The first-order chi connectivity index (χ1) is 10.5. The third kappa shape index (κ3) is 2.71. The second kappa shape index (κ2) is 5.61. The van der Waals surface area contributed by atoms with Gasteiger partial charge in [-0.3, -0.25) is 0 Å². The van der Waals surface area contributed by atoms with Crippen molar-refractivity contribution in [1.29, 1.82) is 0 Å². The second-order valence-corrected chi connectivity index (χ2v) is 5.20. The largest absolute Gasteiger partial charge is 0.507 e. The molecule has 0 aliphatic carbocycles. The molecule has 0 spiro atoms. The number of benzene rings is 1. The summed E-state index contributed by atoms with van der Waals surface area (Å²) in [5, 5.41) is 26.8. The van der Waals surface area contributed by atoms with E-state index in [1.165, 1.54) is 23.3 Å². The van der Waals surface area contributed by atoms with E-state index < -0.39 is 0 Å². The number of phenols is 1. The number of aryl methyl sites for hydroxylation is 2. The standard InChI is InChI=1S/C14H13ClN6O/c1-9-5-10(2)21(19-9)14-18-16-8-20(14)17-7-11-6-12(15)3-4-13(11)22/h3-8,22H,1-2H3. The van der Waals surface area contributed by atoms with Crippen molar-refractivity contribution in [3.8, 4) is 11.7 Å². The molecule has 3 aromatic rings. The van der Waals surface area contributed by atoms with E-state index in [2.05, 4.69) is 20.4 Å². The maximum atomic E-state index is 9.79. The fourth-order valence-electron chi connectivity index (χ4n) is 2.03. The number of nitrogens with zero attached hydrogens (tertiary/aromatic N) is 6. The highest BCUT2D eigenvalue weighted by atomic mass is 35.5. The molecule has 0 aliphatic rings. The first-order valence-electron chi connectivity index (χ1n) is 6.51. The van der Waals surface area contributed by atoms with Gasteiger partial charge in [0.2, 0.25) is 0 Å². The quantitative estimate of drug-likeness (QED) is 0.752. The van der Waals surface area contributed by atoms with Crippen LogP contribution in [0.25, 0.3) is 5.95 Å². The van der Waals surface area contributed by atoms with Crippen LogP contribution < -0.4 is 0 Å². The molecule has 0 saturated carbocycles. The molecule has 22 heavy (non-hydrogen) atoms. The van der Waals surface area contributed by atoms with Crippen molar-refractivity contribution in [2.45, 2.75) is 13.8 Å². The lowest BCUT2D eigenvalue weighted by Crippen LogP contribution is -2.06. The molecule has 0 saturated heterocycles. The maximum Gasteiger partial charge on any atom is 0.273 e. The summed E-state index contributed by atoms with van der Waals surface area (Å²) in [5.41, 5.74) is 2.30. The summed E-state index contributed by atoms with van der Waals surface area (Å²) in [6, 6.07) is 6.67. The monoisotopic (exact) mass is 316 g/mol. The summed E-state index contributed by atoms with van der Waals surface area (Å²) >= 11 is 5.91. The Morgan fingerprint density at radius 3 is 2.82 bits per heavy atom. The van der Waals surface area contributed by atoms with Gasteiger partial charge in [-0.15, -0.1) is 10.2 Å². The van der Waals surface area contributed by atoms with Gasteiger partial charge in [0.15, 0.2) is 0 Å². The van der Waals surface area contributed by atoms with Crippen LogP contribution in [-0.2, 0) is 0 Å². The Hall–Kier alpha value is -2.67. The summed E-state index contributed by atoms with van der Waals surface area (Å²) in [6.07, 6.45) is 2.95. The summed E-state index contributed by atoms with van der Waals surface area (Å²) in [4.78, 5) is 0. The molecule has 0 radical (unpaired) electrons. The molecule has 7 nitrogen and oxygen atoms in total. The van der Waals surface area contributed by atoms with Crippen molar-refractivity contribution in [3.63, 3.8) is 0 Å². The smallest absolute Gasteiger partial charge is 0.273 e. The topological polar surface area (TPSA) is 81.1 Å².